The predicted octanol–water partition coefficient (Wildman–Crippen LogP) is 5.16. The molecular formula is C27H36N8O2S2. The molecule has 10 nitrogen and oxygen atoms in total. The molecule has 0 atom stereocenters. The van der Waals surface area contributed by atoms with E-state index in [2.05, 4.69) is 53.7 Å². The largest absolute Gasteiger partial charge is 0.495 e. The van der Waals surface area contributed by atoms with Crippen LogP contribution in [0.4, 0.5) is 28.8 Å². The Balaban J connectivity index is 0.000000531. The number of hydrogen-bond acceptors (Lipinski definition) is 11. The van der Waals surface area contributed by atoms with E-state index >= 15 is 0 Å². The Kier molecular flexibility index (Phi) is 9.31. The van der Waals surface area contributed by atoms with Crippen LogP contribution in [0.5, 0.6) is 5.75 Å². The highest BCUT2D eigenvalue weighted by molar-refractivity contribution is 8.00. The number of likely N-dealkylation sites (N-methyl/N-ethyl adjacent to an activating group) is 2. The lowest BCUT2D eigenvalue weighted by molar-refractivity contribution is -0.108. The smallest absolute Gasteiger partial charge is 0.229 e. The zero-order valence-electron chi connectivity index (χ0n) is 23.5. The summed E-state index contributed by atoms with van der Waals surface area (Å²) in [5.74, 6) is 2.06. The van der Waals surface area contributed by atoms with Gasteiger partial charge in [0.15, 0.2) is 5.82 Å². The van der Waals surface area contributed by atoms with Gasteiger partial charge in [0.2, 0.25) is 5.95 Å². The number of aromatic nitrogens is 4. The average molecular weight is 569 g/mol. The lowest BCUT2D eigenvalue weighted by atomic mass is 10.1. The van der Waals surface area contributed by atoms with Gasteiger partial charge in [0.25, 0.3) is 0 Å². The fraction of sp³-hybridized carbons (Fsp3) is 0.407. The number of aldehydes is 1. The van der Waals surface area contributed by atoms with Gasteiger partial charge in [-0.1, -0.05) is 25.6 Å². The van der Waals surface area contributed by atoms with Crippen LogP contribution in [-0.4, -0.2) is 77.5 Å². The van der Waals surface area contributed by atoms with Crippen LogP contribution in [0.2, 0.25) is 0 Å². The SMILES string of the molecule is CN(C)CC=O.COc1cc2c(cc1Nc1nc(Nc3cn(C)nc3SC(C)C)c3sccc3n1)N(C)CC2. The van der Waals surface area contributed by atoms with Crippen molar-refractivity contribution in [2.75, 3.05) is 56.9 Å². The van der Waals surface area contributed by atoms with Crippen LogP contribution in [0.1, 0.15) is 19.4 Å². The summed E-state index contributed by atoms with van der Waals surface area (Å²) >= 11 is 3.34. The first-order chi connectivity index (χ1) is 18.7. The number of hydrogen-bond donors (Lipinski definition) is 2. The van der Waals surface area contributed by atoms with Gasteiger partial charge in [0.05, 0.1) is 35.2 Å². The van der Waals surface area contributed by atoms with Gasteiger partial charge in [0.1, 0.15) is 17.1 Å². The van der Waals surface area contributed by atoms with Crippen molar-refractivity contribution in [1.82, 2.24) is 24.6 Å². The molecule has 4 heterocycles. The van der Waals surface area contributed by atoms with Crippen molar-refractivity contribution in [3.63, 3.8) is 0 Å². The number of fused-ring (bicyclic) bond motifs is 2. The first kappa shape index (κ1) is 28.7. The number of thioether (sulfide) groups is 1. The molecular weight excluding hydrogens is 532 g/mol. The summed E-state index contributed by atoms with van der Waals surface area (Å²) in [6.45, 7) is 5.86. The summed E-state index contributed by atoms with van der Waals surface area (Å²) < 4.78 is 8.50. The second-order valence-corrected chi connectivity index (χ2v) is 12.2. The van der Waals surface area contributed by atoms with E-state index < -0.39 is 0 Å². The molecule has 1 aliphatic heterocycles. The minimum absolute atomic E-state index is 0.426. The number of aryl methyl sites for hydroxylation is 1. The van der Waals surface area contributed by atoms with E-state index in [-0.39, 0.29) is 0 Å². The van der Waals surface area contributed by atoms with Crippen LogP contribution in [0.15, 0.2) is 34.8 Å². The summed E-state index contributed by atoms with van der Waals surface area (Å²) in [7, 11) is 9.44. The summed E-state index contributed by atoms with van der Waals surface area (Å²) in [5.41, 5.74) is 5.18. The van der Waals surface area contributed by atoms with E-state index in [9.17, 15) is 4.79 Å². The van der Waals surface area contributed by atoms with Crippen LogP contribution >= 0.6 is 23.1 Å². The van der Waals surface area contributed by atoms with Crippen molar-refractivity contribution in [2.24, 2.45) is 7.05 Å². The van der Waals surface area contributed by atoms with Crippen molar-refractivity contribution in [2.45, 2.75) is 30.5 Å². The second-order valence-electron chi connectivity index (χ2n) is 9.75. The number of anilines is 5. The van der Waals surface area contributed by atoms with Crippen LogP contribution in [0, 0.1) is 0 Å². The molecule has 2 N–H and O–H groups in total. The third-order valence-corrected chi connectivity index (χ3v) is 7.82. The highest BCUT2D eigenvalue weighted by Gasteiger charge is 2.20. The van der Waals surface area contributed by atoms with Crippen molar-refractivity contribution >= 4 is 68.4 Å². The molecule has 4 aromatic rings. The van der Waals surface area contributed by atoms with Gasteiger partial charge >= 0.3 is 0 Å². The molecule has 0 bridgehead atoms. The van der Waals surface area contributed by atoms with Crippen molar-refractivity contribution < 1.29 is 9.53 Å². The third kappa shape index (κ3) is 7.00. The van der Waals surface area contributed by atoms with Crippen LogP contribution < -0.4 is 20.3 Å². The molecule has 0 amide bonds. The highest BCUT2D eigenvalue weighted by atomic mass is 32.2. The highest BCUT2D eigenvalue weighted by Crippen LogP contribution is 2.39. The standard InChI is InChI=1S/C23H27N7OS2.C4H9NO/c1-13(2)33-22-17(12-30(4)28-22)24-21-20-15(7-9-32-20)25-23(27-21)26-16-11-18-14(6-8-29(18)3)10-19(16)31-5;1-5(2)3-4-6/h7,9-13H,6,8H2,1-5H3,(H2,24,25,26,27);4H,3H2,1-2H3. The van der Waals surface area contributed by atoms with Gasteiger partial charge in [-0.2, -0.15) is 10.1 Å². The lowest BCUT2D eigenvalue weighted by Gasteiger charge is -2.17. The molecule has 1 aromatic carbocycles. The Morgan fingerprint density at radius 1 is 1.21 bits per heavy atom. The Morgan fingerprint density at radius 3 is 2.67 bits per heavy atom. The molecule has 0 saturated heterocycles. The van der Waals surface area contributed by atoms with E-state index in [0.717, 1.165) is 57.4 Å². The fourth-order valence-corrected chi connectivity index (χ4v) is 5.74. The minimum Gasteiger partial charge on any atom is -0.495 e. The number of methoxy groups -OCH3 is 1. The predicted molar refractivity (Wildman–Crippen MR) is 163 cm³/mol. The van der Waals surface area contributed by atoms with Crippen molar-refractivity contribution in [3.8, 4) is 5.75 Å². The molecule has 0 fully saturated rings. The minimum atomic E-state index is 0.426. The maximum atomic E-state index is 9.57. The van der Waals surface area contributed by atoms with Crippen LogP contribution in [-0.2, 0) is 18.3 Å². The third-order valence-electron chi connectivity index (χ3n) is 5.91. The monoisotopic (exact) mass is 568 g/mol. The van der Waals surface area contributed by atoms with E-state index in [1.807, 2.05) is 48.4 Å². The number of carbonyl (C=O) groups is 1. The van der Waals surface area contributed by atoms with Crippen molar-refractivity contribution in [3.05, 3.63) is 35.3 Å². The van der Waals surface area contributed by atoms with Gasteiger partial charge < -0.3 is 30.0 Å². The van der Waals surface area contributed by atoms with Gasteiger partial charge in [-0.15, -0.1) is 11.3 Å². The van der Waals surface area contributed by atoms with Gasteiger partial charge in [-0.05, 0) is 49.7 Å². The van der Waals surface area contributed by atoms with Crippen LogP contribution in [0.25, 0.3) is 10.2 Å². The van der Waals surface area contributed by atoms with Gasteiger partial charge in [-0.25, -0.2) is 4.98 Å². The second kappa shape index (κ2) is 12.7. The zero-order valence-corrected chi connectivity index (χ0v) is 25.1. The Hall–Kier alpha value is -3.35. The number of carbonyl (C=O) groups excluding carboxylic acids is 1. The fourth-order valence-electron chi connectivity index (χ4n) is 4.11. The number of nitrogens with zero attached hydrogens (tertiary/aromatic N) is 6. The maximum Gasteiger partial charge on any atom is 0.229 e. The molecule has 0 radical (unpaired) electrons. The van der Waals surface area contributed by atoms with Crippen molar-refractivity contribution in [1.29, 1.82) is 0 Å². The summed E-state index contributed by atoms with van der Waals surface area (Å²) in [6.07, 6.45) is 3.88. The molecule has 3 aromatic heterocycles. The van der Waals surface area contributed by atoms with Crippen LogP contribution in [0.3, 0.4) is 0 Å². The normalized spacial score (nSPS) is 12.5. The molecule has 208 valence electrons. The Labute approximate surface area is 237 Å². The first-order valence-corrected chi connectivity index (χ1v) is 14.4. The van der Waals surface area contributed by atoms with E-state index in [1.54, 1.807) is 30.2 Å². The molecule has 0 spiro atoms. The van der Waals surface area contributed by atoms with E-state index in [0.29, 0.717) is 17.7 Å². The molecule has 0 saturated carbocycles. The van der Waals surface area contributed by atoms with Gasteiger partial charge in [-0.3, -0.25) is 4.68 Å². The Morgan fingerprint density at radius 2 is 2.00 bits per heavy atom. The molecule has 0 aliphatic carbocycles. The summed E-state index contributed by atoms with van der Waals surface area (Å²) in [4.78, 5) is 23.2. The van der Waals surface area contributed by atoms with E-state index in [1.165, 1.54) is 11.3 Å². The molecule has 0 unspecified atom stereocenters. The molecule has 12 heteroatoms. The first-order valence-electron chi connectivity index (χ1n) is 12.7. The quantitative estimate of drug-likeness (QED) is 0.208. The number of rotatable bonds is 9. The number of ether oxygens (including phenoxy) is 1. The number of nitrogens with one attached hydrogen (secondary N) is 2. The number of thiophene rings is 1. The average Bonchev–Trinajstić information content (AvgIpc) is 3.58. The summed E-state index contributed by atoms with van der Waals surface area (Å²) in [5, 5.41) is 14.9. The Bertz CT molecular complexity index is 1430. The number of benzene rings is 1. The molecule has 1 aliphatic rings. The zero-order chi connectivity index (χ0) is 28.1. The lowest BCUT2D eigenvalue weighted by Crippen LogP contribution is -2.13. The van der Waals surface area contributed by atoms with Gasteiger partial charge in [0, 0.05) is 37.8 Å². The van der Waals surface area contributed by atoms with E-state index in [4.69, 9.17) is 14.7 Å². The molecule has 5 rings (SSSR count). The molecule has 39 heavy (non-hydrogen) atoms. The maximum absolute atomic E-state index is 9.57. The topological polar surface area (TPSA) is 100 Å². The summed E-state index contributed by atoms with van der Waals surface area (Å²) in [6, 6.07) is 6.24.